The SMILES string of the molecule is CNC1CC(C)(CC(C)(C)OC)Oc2ccc(Cl)cc21. The van der Waals surface area contributed by atoms with E-state index in [1.807, 2.05) is 25.2 Å². The number of hydrogen-bond donors (Lipinski definition) is 1. The smallest absolute Gasteiger partial charge is 0.125 e. The average molecular weight is 298 g/mol. The zero-order valence-electron chi connectivity index (χ0n) is 12.9. The zero-order chi connectivity index (χ0) is 15.0. The first kappa shape index (κ1) is 15.6. The van der Waals surface area contributed by atoms with Gasteiger partial charge in [-0.25, -0.2) is 0 Å². The van der Waals surface area contributed by atoms with E-state index >= 15 is 0 Å². The highest BCUT2D eigenvalue weighted by Crippen LogP contribution is 2.43. The van der Waals surface area contributed by atoms with Gasteiger partial charge in [-0.15, -0.1) is 0 Å². The molecule has 1 N–H and O–H groups in total. The largest absolute Gasteiger partial charge is 0.487 e. The molecule has 1 aromatic carbocycles. The second kappa shape index (κ2) is 5.55. The summed E-state index contributed by atoms with van der Waals surface area (Å²) in [6.07, 6.45) is 1.72. The Bertz CT molecular complexity index is 489. The van der Waals surface area contributed by atoms with Crippen molar-refractivity contribution in [2.75, 3.05) is 14.2 Å². The highest BCUT2D eigenvalue weighted by atomic mass is 35.5. The molecule has 0 amide bonds. The molecular weight excluding hydrogens is 274 g/mol. The van der Waals surface area contributed by atoms with Gasteiger partial charge in [0.2, 0.25) is 0 Å². The molecule has 0 saturated heterocycles. The fraction of sp³-hybridized carbons (Fsp3) is 0.625. The van der Waals surface area contributed by atoms with E-state index in [-0.39, 0.29) is 17.2 Å². The number of ether oxygens (including phenoxy) is 2. The Labute approximate surface area is 126 Å². The third kappa shape index (κ3) is 3.27. The second-order valence-electron chi connectivity index (χ2n) is 6.42. The van der Waals surface area contributed by atoms with Crippen molar-refractivity contribution in [3.63, 3.8) is 0 Å². The molecule has 1 aliphatic heterocycles. The molecule has 1 aromatic rings. The normalized spacial score (nSPS) is 26.0. The molecule has 0 spiro atoms. The van der Waals surface area contributed by atoms with E-state index in [0.29, 0.717) is 0 Å². The molecule has 1 aliphatic rings. The first-order valence-electron chi connectivity index (χ1n) is 6.99. The Morgan fingerprint density at radius 1 is 1.50 bits per heavy atom. The topological polar surface area (TPSA) is 30.5 Å². The quantitative estimate of drug-likeness (QED) is 0.912. The lowest BCUT2D eigenvalue weighted by atomic mass is 9.81. The van der Waals surface area contributed by atoms with Crippen LogP contribution in [0.5, 0.6) is 5.75 Å². The Balaban J connectivity index is 2.31. The molecule has 112 valence electrons. The third-order valence-electron chi connectivity index (χ3n) is 4.04. The van der Waals surface area contributed by atoms with Gasteiger partial charge < -0.3 is 14.8 Å². The monoisotopic (exact) mass is 297 g/mol. The Morgan fingerprint density at radius 2 is 2.20 bits per heavy atom. The van der Waals surface area contributed by atoms with Crippen molar-refractivity contribution < 1.29 is 9.47 Å². The van der Waals surface area contributed by atoms with E-state index in [4.69, 9.17) is 21.1 Å². The summed E-state index contributed by atoms with van der Waals surface area (Å²) >= 11 is 6.10. The van der Waals surface area contributed by atoms with E-state index in [1.54, 1.807) is 7.11 Å². The van der Waals surface area contributed by atoms with Crippen molar-refractivity contribution >= 4 is 11.6 Å². The van der Waals surface area contributed by atoms with Crippen molar-refractivity contribution in [3.05, 3.63) is 28.8 Å². The third-order valence-corrected chi connectivity index (χ3v) is 4.28. The summed E-state index contributed by atoms with van der Waals surface area (Å²) < 4.78 is 11.8. The van der Waals surface area contributed by atoms with Crippen LogP contribution >= 0.6 is 11.6 Å². The fourth-order valence-electron chi connectivity index (χ4n) is 3.07. The highest BCUT2D eigenvalue weighted by molar-refractivity contribution is 6.30. The maximum atomic E-state index is 6.27. The van der Waals surface area contributed by atoms with Crippen LogP contribution in [0.1, 0.15) is 45.2 Å². The van der Waals surface area contributed by atoms with Crippen molar-refractivity contribution in [2.45, 2.75) is 50.9 Å². The van der Waals surface area contributed by atoms with Crippen LogP contribution in [0.2, 0.25) is 5.02 Å². The predicted octanol–water partition coefficient (Wildman–Crippen LogP) is 3.96. The summed E-state index contributed by atoms with van der Waals surface area (Å²) in [5.41, 5.74) is 0.665. The van der Waals surface area contributed by atoms with E-state index in [9.17, 15) is 0 Å². The standard InChI is InChI=1S/C16H24ClNO2/c1-15(2,19-5)10-16(3)9-13(18-4)12-8-11(17)6-7-14(12)20-16/h6-8,13,18H,9-10H2,1-5H3. The van der Waals surface area contributed by atoms with Gasteiger partial charge in [-0.2, -0.15) is 0 Å². The van der Waals surface area contributed by atoms with Crippen LogP contribution in [0.25, 0.3) is 0 Å². The lowest BCUT2D eigenvalue weighted by Crippen LogP contribution is -2.46. The number of halogens is 1. The Kier molecular flexibility index (Phi) is 4.33. The second-order valence-corrected chi connectivity index (χ2v) is 6.86. The van der Waals surface area contributed by atoms with Crippen molar-refractivity contribution in [1.29, 1.82) is 0 Å². The highest BCUT2D eigenvalue weighted by Gasteiger charge is 2.40. The van der Waals surface area contributed by atoms with Gasteiger partial charge in [0.25, 0.3) is 0 Å². The molecule has 3 nitrogen and oxygen atoms in total. The summed E-state index contributed by atoms with van der Waals surface area (Å²) in [6, 6.07) is 6.06. The summed E-state index contributed by atoms with van der Waals surface area (Å²) in [6.45, 7) is 6.33. The van der Waals surface area contributed by atoms with E-state index < -0.39 is 0 Å². The first-order valence-corrected chi connectivity index (χ1v) is 7.37. The lowest BCUT2D eigenvalue weighted by molar-refractivity contribution is -0.0594. The molecular formula is C16H24ClNO2. The molecule has 20 heavy (non-hydrogen) atoms. The summed E-state index contributed by atoms with van der Waals surface area (Å²) in [5, 5.41) is 4.11. The molecule has 0 bridgehead atoms. The number of benzene rings is 1. The number of rotatable bonds is 4. The molecule has 0 fully saturated rings. The molecule has 0 saturated carbocycles. The van der Waals surface area contributed by atoms with Crippen molar-refractivity contribution in [3.8, 4) is 5.75 Å². The molecule has 4 heteroatoms. The van der Waals surface area contributed by atoms with Gasteiger partial charge >= 0.3 is 0 Å². The van der Waals surface area contributed by atoms with E-state index in [2.05, 4.69) is 26.1 Å². The maximum Gasteiger partial charge on any atom is 0.125 e. The summed E-state index contributed by atoms with van der Waals surface area (Å²) in [7, 11) is 3.72. The van der Waals surface area contributed by atoms with Gasteiger partial charge in [-0.1, -0.05) is 11.6 Å². The van der Waals surface area contributed by atoms with Gasteiger partial charge in [-0.05, 0) is 46.0 Å². The van der Waals surface area contributed by atoms with Gasteiger partial charge in [0.1, 0.15) is 11.4 Å². The van der Waals surface area contributed by atoms with Crippen LogP contribution in [0.4, 0.5) is 0 Å². The van der Waals surface area contributed by atoms with Crippen LogP contribution in [0.3, 0.4) is 0 Å². The Morgan fingerprint density at radius 3 is 2.80 bits per heavy atom. The van der Waals surface area contributed by atoms with Crippen LogP contribution in [-0.2, 0) is 4.74 Å². The van der Waals surface area contributed by atoms with Gasteiger partial charge in [0, 0.05) is 36.6 Å². The van der Waals surface area contributed by atoms with Crippen LogP contribution in [0, 0.1) is 0 Å². The van der Waals surface area contributed by atoms with Crippen LogP contribution in [0.15, 0.2) is 18.2 Å². The summed E-state index contributed by atoms with van der Waals surface area (Å²) in [4.78, 5) is 0. The minimum atomic E-state index is -0.256. The average Bonchev–Trinajstić information content (AvgIpc) is 2.37. The number of methoxy groups -OCH3 is 1. The van der Waals surface area contributed by atoms with E-state index in [0.717, 1.165) is 29.2 Å². The molecule has 2 rings (SSSR count). The molecule has 0 radical (unpaired) electrons. The van der Waals surface area contributed by atoms with E-state index in [1.165, 1.54) is 0 Å². The fourth-order valence-corrected chi connectivity index (χ4v) is 3.25. The molecule has 1 heterocycles. The molecule has 2 atom stereocenters. The number of nitrogens with one attached hydrogen (secondary N) is 1. The van der Waals surface area contributed by atoms with Crippen LogP contribution < -0.4 is 10.1 Å². The minimum absolute atomic E-state index is 0.211. The van der Waals surface area contributed by atoms with Crippen molar-refractivity contribution in [1.82, 2.24) is 5.32 Å². The number of fused-ring (bicyclic) bond motifs is 1. The predicted molar refractivity (Wildman–Crippen MR) is 82.6 cm³/mol. The van der Waals surface area contributed by atoms with Gasteiger partial charge in [0.05, 0.1) is 5.60 Å². The van der Waals surface area contributed by atoms with Crippen molar-refractivity contribution in [2.24, 2.45) is 0 Å². The molecule has 2 unspecified atom stereocenters. The van der Waals surface area contributed by atoms with Gasteiger partial charge in [-0.3, -0.25) is 0 Å². The van der Waals surface area contributed by atoms with Crippen LogP contribution in [-0.4, -0.2) is 25.4 Å². The number of hydrogen-bond acceptors (Lipinski definition) is 3. The lowest BCUT2D eigenvalue weighted by Gasteiger charge is -2.43. The maximum absolute atomic E-state index is 6.27. The Hall–Kier alpha value is -0.770. The first-order chi connectivity index (χ1) is 9.28. The molecule has 0 aromatic heterocycles. The summed E-state index contributed by atoms with van der Waals surface area (Å²) in [5.74, 6) is 0.911. The van der Waals surface area contributed by atoms with Gasteiger partial charge in [0.15, 0.2) is 0 Å². The minimum Gasteiger partial charge on any atom is -0.487 e. The molecule has 0 aliphatic carbocycles. The zero-order valence-corrected chi connectivity index (χ0v) is 13.7.